The second-order valence-electron chi connectivity index (χ2n) is 7.20. The van der Waals surface area contributed by atoms with Gasteiger partial charge in [-0.15, -0.1) is 11.3 Å². The van der Waals surface area contributed by atoms with Crippen molar-refractivity contribution in [1.82, 2.24) is 15.2 Å². The third-order valence-electron chi connectivity index (χ3n) is 4.91. The first-order valence-corrected chi connectivity index (χ1v) is 10.3. The zero-order valence-corrected chi connectivity index (χ0v) is 17.6. The minimum atomic E-state index is -5.08. The van der Waals surface area contributed by atoms with Crippen molar-refractivity contribution in [3.8, 4) is 0 Å². The summed E-state index contributed by atoms with van der Waals surface area (Å²) in [6.45, 7) is 5.69. The van der Waals surface area contributed by atoms with Crippen LogP contribution in [0.2, 0.25) is 0 Å². The number of amides is 1. The molecule has 0 radical (unpaired) electrons. The van der Waals surface area contributed by atoms with E-state index in [-0.39, 0.29) is 24.7 Å². The number of fused-ring (bicyclic) bond motifs is 1. The number of rotatable bonds is 5. The Kier molecular flexibility index (Phi) is 9.01. The molecular weight excluding hydrogens is 427 g/mol. The Bertz CT molecular complexity index is 715. The molecule has 3 rings (SSSR count). The Hall–Kier alpha value is -1.76. The molecule has 2 aliphatic rings. The fraction of sp³-hybridized carbons (Fsp3) is 0.722. The zero-order chi connectivity index (χ0) is 22.3. The molecule has 2 N–H and O–H groups in total. The molecule has 1 aromatic heterocycles. The molecule has 170 valence electrons. The molecule has 0 aliphatic carbocycles. The number of carboxylic acids is 1. The van der Waals surface area contributed by atoms with Crippen molar-refractivity contribution < 1.29 is 37.3 Å². The van der Waals surface area contributed by atoms with Crippen LogP contribution in [0.1, 0.15) is 23.4 Å². The molecule has 0 spiro atoms. The SMILES string of the molecule is COCC(=O)N[C@@H]1CN(Cc2scnc2C)C[C@@H]2CCCO[C@@H]21.O=C(O)C(F)(F)F. The number of aromatic nitrogens is 1. The summed E-state index contributed by atoms with van der Waals surface area (Å²) in [5, 5.41) is 10.2. The van der Waals surface area contributed by atoms with Crippen molar-refractivity contribution in [2.24, 2.45) is 5.92 Å². The van der Waals surface area contributed by atoms with Gasteiger partial charge < -0.3 is 19.9 Å². The number of aliphatic carboxylic acids is 1. The lowest BCUT2D eigenvalue weighted by atomic mass is 9.85. The van der Waals surface area contributed by atoms with E-state index in [0.717, 1.165) is 38.4 Å². The molecule has 2 fully saturated rings. The molecule has 0 aromatic carbocycles. The standard InChI is InChI=1S/C16H25N3O3S.C2HF3O2/c1-11-14(23-10-17-11)8-19-6-12-4-3-5-22-16(12)13(7-19)18-15(20)9-21-2;3-2(4,5)1(6)7/h10,12-13,16H,3-9H2,1-2H3,(H,18,20);(H,6,7)/t12-,13+,16-;/m0./s1. The van der Waals surface area contributed by atoms with Crippen molar-refractivity contribution in [3.05, 3.63) is 16.1 Å². The molecule has 2 saturated heterocycles. The number of carboxylic acid groups (broad SMARTS) is 1. The number of nitrogens with zero attached hydrogens (tertiary/aromatic N) is 2. The van der Waals surface area contributed by atoms with E-state index in [0.29, 0.717) is 5.92 Å². The van der Waals surface area contributed by atoms with Crippen LogP contribution in [0.5, 0.6) is 0 Å². The van der Waals surface area contributed by atoms with E-state index in [1.165, 1.54) is 11.3 Å². The molecule has 2 aliphatic heterocycles. The van der Waals surface area contributed by atoms with Crippen molar-refractivity contribution >= 4 is 23.2 Å². The molecule has 3 atom stereocenters. The van der Waals surface area contributed by atoms with Crippen LogP contribution in [0.25, 0.3) is 0 Å². The Labute approximate surface area is 176 Å². The average Bonchev–Trinajstić information content (AvgIpc) is 3.06. The number of halogens is 3. The maximum Gasteiger partial charge on any atom is 0.490 e. The normalized spacial score (nSPS) is 24.4. The third kappa shape index (κ3) is 7.18. The number of hydrogen-bond acceptors (Lipinski definition) is 7. The predicted octanol–water partition coefficient (Wildman–Crippen LogP) is 1.83. The molecule has 1 aromatic rings. The number of ether oxygens (including phenoxy) is 2. The van der Waals surface area contributed by atoms with Gasteiger partial charge >= 0.3 is 12.1 Å². The van der Waals surface area contributed by atoms with Crippen molar-refractivity contribution in [2.45, 2.75) is 44.6 Å². The van der Waals surface area contributed by atoms with Crippen LogP contribution in [0.4, 0.5) is 13.2 Å². The quantitative estimate of drug-likeness (QED) is 0.702. The van der Waals surface area contributed by atoms with Gasteiger partial charge in [-0.25, -0.2) is 9.78 Å². The highest BCUT2D eigenvalue weighted by molar-refractivity contribution is 7.09. The maximum atomic E-state index is 11.9. The topological polar surface area (TPSA) is 101 Å². The molecule has 0 unspecified atom stereocenters. The van der Waals surface area contributed by atoms with Crippen LogP contribution in [-0.2, 0) is 25.6 Å². The Morgan fingerprint density at radius 3 is 2.70 bits per heavy atom. The first-order chi connectivity index (χ1) is 14.1. The van der Waals surface area contributed by atoms with E-state index < -0.39 is 12.1 Å². The van der Waals surface area contributed by atoms with Crippen LogP contribution >= 0.6 is 11.3 Å². The van der Waals surface area contributed by atoms with Gasteiger partial charge in [0.05, 0.1) is 23.4 Å². The van der Waals surface area contributed by atoms with Crippen molar-refractivity contribution in [2.75, 3.05) is 33.4 Å². The van der Waals surface area contributed by atoms with Gasteiger partial charge in [0.15, 0.2) is 0 Å². The van der Waals surface area contributed by atoms with Gasteiger partial charge in [-0.1, -0.05) is 0 Å². The lowest BCUT2D eigenvalue weighted by Gasteiger charge is -2.46. The molecule has 0 saturated carbocycles. The second kappa shape index (κ2) is 11.0. The van der Waals surface area contributed by atoms with Crippen LogP contribution in [0.15, 0.2) is 5.51 Å². The van der Waals surface area contributed by atoms with Crippen molar-refractivity contribution in [1.29, 1.82) is 0 Å². The van der Waals surface area contributed by atoms with Gasteiger partial charge in [0.25, 0.3) is 0 Å². The number of alkyl halides is 3. The van der Waals surface area contributed by atoms with Gasteiger partial charge in [-0.05, 0) is 25.7 Å². The van der Waals surface area contributed by atoms with Crippen molar-refractivity contribution in [3.63, 3.8) is 0 Å². The van der Waals surface area contributed by atoms with Gasteiger partial charge in [0.2, 0.25) is 5.91 Å². The highest BCUT2D eigenvalue weighted by Crippen LogP contribution is 2.30. The second-order valence-corrected chi connectivity index (χ2v) is 8.14. The molecule has 3 heterocycles. The number of carbonyl (C=O) groups is 2. The Morgan fingerprint density at radius 1 is 1.43 bits per heavy atom. The number of carbonyl (C=O) groups excluding carboxylic acids is 1. The summed E-state index contributed by atoms with van der Waals surface area (Å²) in [4.78, 5) is 28.9. The molecule has 1 amide bonds. The van der Waals surface area contributed by atoms with Gasteiger partial charge in [0.1, 0.15) is 6.61 Å². The fourth-order valence-electron chi connectivity index (χ4n) is 3.61. The van der Waals surface area contributed by atoms with Crippen LogP contribution < -0.4 is 5.32 Å². The summed E-state index contributed by atoms with van der Waals surface area (Å²) in [6, 6.07) is 0.0323. The zero-order valence-electron chi connectivity index (χ0n) is 16.8. The number of hydrogen-bond donors (Lipinski definition) is 2. The monoisotopic (exact) mass is 453 g/mol. The number of piperidine rings is 1. The highest BCUT2D eigenvalue weighted by Gasteiger charge is 2.40. The Morgan fingerprint density at radius 2 is 2.13 bits per heavy atom. The Balaban J connectivity index is 0.000000396. The summed E-state index contributed by atoms with van der Waals surface area (Å²) in [7, 11) is 1.54. The minimum Gasteiger partial charge on any atom is -0.475 e. The molecule has 30 heavy (non-hydrogen) atoms. The molecule has 0 bridgehead atoms. The highest BCUT2D eigenvalue weighted by atomic mass is 32.1. The van der Waals surface area contributed by atoms with E-state index in [9.17, 15) is 18.0 Å². The number of aryl methyl sites for hydroxylation is 1. The lowest BCUT2D eigenvalue weighted by molar-refractivity contribution is -0.192. The number of thiazole rings is 1. The van der Waals surface area contributed by atoms with Crippen LogP contribution in [0, 0.1) is 12.8 Å². The van der Waals surface area contributed by atoms with Gasteiger partial charge in [-0.2, -0.15) is 13.2 Å². The maximum absolute atomic E-state index is 11.9. The molecule has 12 heteroatoms. The first kappa shape index (κ1) is 24.5. The predicted molar refractivity (Wildman–Crippen MR) is 102 cm³/mol. The first-order valence-electron chi connectivity index (χ1n) is 9.43. The van der Waals surface area contributed by atoms with Gasteiger partial charge in [-0.3, -0.25) is 9.69 Å². The number of nitrogens with one attached hydrogen (secondary N) is 1. The minimum absolute atomic E-state index is 0.0323. The van der Waals surface area contributed by atoms with Crippen LogP contribution in [-0.4, -0.2) is 78.6 Å². The van der Waals surface area contributed by atoms with Crippen LogP contribution in [0.3, 0.4) is 0 Å². The summed E-state index contributed by atoms with van der Waals surface area (Å²) < 4.78 is 42.7. The summed E-state index contributed by atoms with van der Waals surface area (Å²) in [6.07, 6.45) is -2.68. The molecule has 8 nitrogen and oxygen atoms in total. The smallest absolute Gasteiger partial charge is 0.475 e. The number of likely N-dealkylation sites (tertiary alicyclic amines) is 1. The van der Waals surface area contributed by atoms with E-state index in [4.69, 9.17) is 19.4 Å². The van der Waals surface area contributed by atoms with E-state index in [2.05, 4.69) is 22.1 Å². The van der Waals surface area contributed by atoms with E-state index in [1.54, 1.807) is 18.4 Å². The van der Waals surface area contributed by atoms with Gasteiger partial charge in [0, 0.05) is 38.2 Å². The molecular formula is C18H26F3N3O5S. The fourth-order valence-corrected chi connectivity index (χ4v) is 4.43. The van der Waals surface area contributed by atoms with E-state index >= 15 is 0 Å². The van der Waals surface area contributed by atoms with E-state index in [1.807, 2.05) is 5.51 Å². The summed E-state index contributed by atoms with van der Waals surface area (Å²) in [5.74, 6) is -2.34. The largest absolute Gasteiger partial charge is 0.490 e. The lowest BCUT2D eigenvalue weighted by Crippen LogP contribution is -2.61. The third-order valence-corrected chi connectivity index (χ3v) is 5.83. The number of methoxy groups -OCH3 is 1. The average molecular weight is 453 g/mol. The summed E-state index contributed by atoms with van der Waals surface area (Å²) >= 11 is 1.70. The summed E-state index contributed by atoms with van der Waals surface area (Å²) in [5.41, 5.74) is 3.01.